The molecule has 4 aromatic rings. The number of carbonyl (C=O) groups excluding carboxylic acids is 1. The highest BCUT2D eigenvalue weighted by Crippen LogP contribution is 2.26. The third kappa shape index (κ3) is 4.20. The van der Waals surface area contributed by atoms with Gasteiger partial charge in [0.1, 0.15) is 16.9 Å². The summed E-state index contributed by atoms with van der Waals surface area (Å²) in [6, 6.07) is 8.31. The highest BCUT2D eigenvalue weighted by Gasteiger charge is 2.37. The van der Waals surface area contributed by atoms with Gasteiger partial charge >= 0.3 is 0 Å². The zero-order valence-corrected chi connectivity index (χ0v) is 19.0. The van der Waals surface area contributed by atoms with Crippen molar-refractivity contribution in [2.24, 2.45) is 7.05 Å². The second kappa shape index (κ2) is 8.66. The number of amides is 1. The third-order valence-corrected chi connectivity index (χ3v) is 6.31. The number of pyridine rings is 1. The molecule has 0 unspecified atom stereocenters. The van der Waals surface area contributed by atoms with Crippen LogP contribution in [0.5, 0.6) is 0 Å². The van der Waals surface area contributed by atoms with Crippen LogP contribution in [-0.2, 0) is 18.3 Å². The van der Waals surface area contributed by atoms with Gasteiger partial charge in [-0.1, -0.05) is 12.1 Å². The molecule has 34 heavy (non-hydrogen) atoms. The van der Waals surface area contributed by atoms with Gasteiger partial charge in [0, 0.05) is 43.4 Å². The first-order chi connectivity index (χ1) is 16.3. The zero-order valence-electron chi connectivity index (χ0n) is 19.0. The predicted octanol–water partition coefficient (Wildman–Crippen LogP) is 2.89. The van der Waals surface area contributed by atoms with Crippen LogP contribution >= 0.6 is 0 Å². The van der Waals surface area contributed by atoms with E-state index in [0.29, 0.717) is 29.7 Å². The molecule has 1 aromatic carbocycles. The highest BCUT2D eigenvalue weighted by atomic mass is 19.1. The molecule has 0 spiro atoms. The molecule has 1 amide bonds. The quantitative estimate of drug-likeness (QED) is 0.475. The average Bonchev–Trinajstić information content (AvgIpc) is 3.40. The average molecular weight is 464 g/mol. The van der Waals surface area contributed by atoms with Crippen LogP contribution in [-0.4, -0.2) is 55.2 Å². The number of aryl methyl sites for hydroxylation is 1. The molecule has 2 N–H and O–H groups in total. The van der Waals surface area contributed by atoms with Gasteiger partial charge in [-0.2, -0.15) is 5.10 Å². The molecule has 2 atom stereocenters. The van der Waals surface area contributed by atoms with Crippen LogP contribution in [0, 0.1) is 5.82 Å². The molecule has 1 aliphatic rings. The molecule has 176 valence electrons. The van der Waals surface area contributed by atoms with Crippen molar-refractivity contribution in [1.82, 2.24) is 24.6 Å². The van der Waals surface area contributed by atoms with E-state index >= 15 is 4.39 Å². The van der Waals surface area contributed by atoms with Gasteiger partial charge in [-0.15, -0.1) is 0 Å². The molecule has 9 heteroatoms. The van der Waals surface area contributed by atoms with Gasteiger partial charge in [0.2, 0.25) is 0 Å². The minimum absolute atomic E-state index is 0.159. The zero-order chi connectivity index (χ0) is 23.9. The fourth-order valence-corrected chi connectivity index (χ4v) is 4.38. The summed E-state index contributed by atoms with van der Waals surface area (Å²) in [4.78, 5) is 17.6. The smallest absolute Gasteiger partial charge is 0.255 e. The fraction of sp³-hybridized carbons (Fsp3) is 0.320. The molecule has 5 rings (SSSR count). The number of carbonyl (C=O) groups is 1. The van der Waals surface area contributed by atoms with Gasteiger partial charge in [-0.3, -0.25) is 14.5 Å². The summed E-state index contributed by atoms with van der Waals surface area (Å²) in [5.41, 5.74) is 2.56. The molecule has 8 nitrogen and oxygen atoms in total. The number of halogens is 1. The molecular formula is C25H26FN5O3. The molecule has 3 aromatic heterocycles. The standard InChI is InChI=1S/C25H26FN5O3/c1-25(33)15-34-9-7-22(25)29-24(32)19-14-31(21-4-3-8-27-23(19)21)13-17-6-5-16(10-20(17)26)18-11-28-30(2)12-18/h3-6,8,10-12,14,22,33H,7,9,13,15H2,1-2H3,(H,29,32)/t22-,25+/m0/s1. The van der Waals surface area contributed by atoms with E-state index in [0.717, 1.165) is 16.6 Å². The number of nitrogens with zero attached hydrogens (tertiary/aromatic N) is 4. The summed E-state index contributed by atoms with van der Waals surface area (Å²) in [5, 5.41) is 17.6. The van der Waals surface area contributed by atoms with Crippen molar-refractivity contribution in [3.8, 4) is 11.1 Å². The number of nitrogens with one attached hydrogen (secondary N) is 1. The Balaban J connectivity index is 1.43. The SMILES string of the molecule is Cn1cc(-c2ccc(Cn3cc(C(=O)N[C@H]4CCOC[C@@]4(C)O)c4ncccc43)c(F)c2)cn1. The monoisotopic (exact) mass is 463 g/mol. The summed E-state index contributed by atoms with van der Waals surface area (Å²) < 4.78 is 23.8. The van der Waals surface area contributed by atoms with Crippen molar-refractivity contribution in [2.75, 3.05) is 13.2 Å². The summed E-state index contributed by atoms with van der Waals surface area (Å²) in [6.07, 6.45) is 7.35. The number of aromatic nitrogens is 4. The lowest BCUT2D eigenvalue weighted by molar-refractivity contribution is -0.0929. The maximum absolute atomic E-state index is 15.0. The van der Waals surface area contributed by atoms with Gasteiger partial charge < -0.3 is 19.7 Å². The van der Waals surface area contributed by atoms with E-state index in [-0.39, 0.29) is 24.9 Å². The van der Waals surface area contributed by atoms with E-state index in [4.69, 9.17) is 4.74 Å². The number of ether oxygens (including phenoxy) is 1. The van der Waals surface area contributed by atoms with E-state index in [1.807, 2.05) is 29.9 Å². The number of hydrogen-bond acceptors (Lipinski definition) is 5. The van der Waals surface area contributed by atoms with Crippen LogP contribution in [0.3, 0.4) is 0 Å². The van der Waals surface area contributed by atoms with Crippen LogP contribution in [0.4, 0.5) is 4.39 Å². The Bertz CT molecular complexity index is 1360. The first kappa shape index (κ1) is 22.2. The summed E-state index contributed by atoms with van der Waals surface area (Å²) >= 11 is 0. The molecule has 0 aliphatic carbocycles. The van der Waals surface area contributed by atoms with Crippen molar-refractivity contribution < 1.29 is 19.0 Å². The highest BCUT2D eigenvalue weighted by molar-refractivity contribution is 6.05. The maximum Gasteiger partial charge on any atom is 0.255 e. The minimum Gasteiger partial charge on any atom is -0.386 e. The van der Waals surface area contributed by atoms with Crippen molar-refractivity contribution in [3.05, 3.63) is 72.1 Å². The maximum atomic E-state index is 15.0. The van der Waals surface area contributed by atoms with Gasteiger partial charge in [0.25, 0.3) is 5.91 Å². The third-order valence-electron chi connectivity index (χ3n) is 6.31. The number of aliphatic hydroxyl groups is 1. The Kier molecular flexibility index (Phi) is 5.66. The molecule has 0 saturated carbocycles. The number of hydrogen-bond donors (Lipinski definition) is 2. The van der Waals surface area contributed by atoms with E-state index < -0.39 is 11.6 Å². The van der Waals surface area contributed by atoms with E-state index in [2.05, 4.69) is 15.4 Å². The second-order valence-corrected chi connectivity index (χ2v) is 8.98. The van der Waals surface area contributed by atoms with Gasteiger partial charge in [0.05, 0.1) is 36.5 Å². The van der Waals surface area contributed by atoms with Crippen LogP contribution in [0.2, 0.25) is 0 Å². The lowest BCUT2D eigenvalue weighted by Gasteiger charge is -2.37. The topological polar surface area (TPSA) is 94.2 Å². The van der Waals surface area contributed by atoms with Crippen LogP contribution in [0.25, 0.3) is 22.2 Å². The molecular weight excluding hydrogens is 437 g/mol. The Morgan fingerprint density at radius 1 is 1.32 bits per heavy atom. The molecule has 1 saturated heterocycles. The van der Waals surface area contributed by atoms with Crippen molar-refractivity contribution >= 4 is 16.9 Å². The Labute approximate surface area is 196 Å². The molecule has 1 aliphatic heterocycles. The van der Waals surface area contributed by atoms with Crippen LogP contribution in [0.15, 0.2) is 55.1 Å². The van der Waals surface area contributed by atoms with Crippen LogP contribution < -0.4 is 5.32 Å². The number of rotatable bonds is 5. The van der Waals surface area contributed by atoms with Crippen molar-refractivity contribution in [2.45, 2.75) is 31.5 Å². The Morgan fingerprint density at radius 3 is 2.91 bits per heavy atom. The summed E-state index contributed by atoms with van der Waals surface area (Å²) in [6.45, 7) is 2.52. The van der Waals surface area contributed by atoms with Gasteiger partial charge in [0.15, 0.2) is 0 Å². The summed E-state index contributed by atoms with van der Waals surface area (Å²) in [7, 11) is 1.82. The largest absolute Gasteiger partial charge is 0.386 e. The summed E-state index contributed by atoms with van der Waals surface area (Å²) in [5.74, 6) is -0.668. The first-order valence-corrected chi connectivity index (χ1v) is 11.1. The molecule has 0 radical (unpaired) electrons. The number of benzene rings is 1. The van der Waals surface area contributed by atoms with E-state index in [1.54, 1.807) is 42.3 Å². The Hall–Kier alpha value is -3.56. The van der Waals surface area contributed by atoms with E-state index in [9.17, 15) is 9.90 Å². The molecule has 1 fully saturated rings. The molecule has 0 bridgehead atoms. The van der Waals surface area contributed by atoms with Gasteiger partial charge in [-0.25, -0.2) is 4.39 Å². The van der Waals surface area contributed by atoms with E-state index in [1.165, 1.54) is 6.07 Å². The fourth-order valence-electron chi connectivity index (χ4n) is 4.38. The first-order valence-electron chi connectivity index (χ1n) is 11.1. The lowest BCUT2D eigenvalue weighted by Crippen LogP contribution is -2.56. The normalized spacial score (nSPS) is 20.5. The van der Waals surface area contributed by atoms with Crippen LogP contribution in [0.1, 0.15) is 29.3 Å². The van der Waals surface area contributed by atoms with Crippen molar-refractivity contribution in [1.29, 1.82) is 0 Å². The molecule has 4 heterocycles. The van der Waals surface area contributed by atoms with Gasteiger partial charge in [-0.05, 0) is 37.1 Å². The van der Waals surface area contributed by atoms with Crippen molar-refractivity contribution in [3.63, 3.8) is 0 Å². The second-order valence-electron chi connectivity index (χ2n) is 8.98. The Morgan fingerprint density at radius 2 is 2.18 bits per heavy atom. The lowest BCUT2D eigenvalue weighted by atomic mass is 9.92. The minimum atomic E-state index is -1.15. The predicted molar refractivity (Wildman–Crippen MR) is 125 cm³/mol. The number of fused-ring (bicyclic) bond motifs is 1.